The van der Waals surface area contributed by atoms with Crippen LogP contribution in [0.5, 0.6) is 0 Å². The largest absolute Gasteiger partial charge is 0.324 e. The molecule has 0 spiro atoms. The number of hydrogen-bond donors (Lipinski definition) is 1. The van der Waals surface area contributed by atoms with E-state index in [-0.39, 0.29) is 17.2 Å². The van der Waals surface area contributed by atoms with Crippen LogP contribution in [0.15, 0.2) is 53.7 Å². The number of carbonyl (C=O) groups is 2. The molecule has 0 saturated heterocycles. The van der Waals surface area contributed by atoms with E-state index in [9.17, 15) is 14.4 Å². The number of nitrogens with one attached hydrogen (secondary N) is 1. The SMILES string of the molecule is CC(=O)c1ccc(NC(=O)C(C)n2ncn3cccc3c2=O)cc1. The molecule has 2 heterocycles. The number of amides is 1. The first-order valence-electron chi connectivity index (χ1n) is 7.44. The van der Waals surface area contributed by atoms with Crippen LogP contribution in [0, 0.1) is 0 Å². The Bertz CT molecular complexity index is 969. The maximum Gasteiger partial charge on any atom is 0.291 e. The van der Waals surface area contributed by atoms with E-state index in [0.717, 1.165) is 4.68 Å². The average molecular weight is 324 g/mol. The maximum absolute atomic E-state index is 12.4. The molecular weight excluding hydrogens is 308 g/mol. The van der Waals surface area contributed by atoms with Crippen LogP contribution in [0.4, 0.5) is 5.69 Å². The number of Topliss-reactive ketones (excluding diaryl/α,β-unsaturated/α-hetero) is 1. The van der Waals surface area contributed by atoms with Crippen molar-refractivity contribution in [2.75, 3.05) is 5.32 Å². The van der Waals surface area contributed by atoms with Gasteiger partial charge in [0.05, 0.1) is 0 Å². The second kappa shape index (κ2) is 6.11. The molecule has 7 nitrogen and oxygen atoms in total. The summed E-state index contributed by atoms with van der Waals surface area (Å²) in [7, 11) is 0. The van der Waals surface area contributed by atoms with Crippen LogP contribution in [0.1, 0.15) is 30.2 Å². The first-order chi connectivity index (χ1) is 11.5. The minimum atomic E-state index is -0.773. The van der Waals surface area contributed by atoms with Crippen LogP contribution >= 0.6 is 0 Å². The third kappa shape index (κ3) is 2.83. The van der Waals surface area contributed by atoms with Crippen LogP contribution in [0.25, 0.3) is 5.52 Å². The van der Waals surface area contributed by atoms with Gasteiger partial charge in [0.25, 0.3) is 5.56 Å². The summed E-state index contributed by atoms with van der Waals surface area (Å²) in [4.78, 5) is 36.0. The van der Waals surface area contributed by atoms with Gasteiger partial charge < -0.3 is 9.72 Å². The van der Waals surface area contributed by atoms with Crippen LogP contribution < -0.4 is 10.9 Å². The number of ketones is 1. The maximum atomic E-state index is 12.4. The Kier molecular flexibility index (Phi) is 3.99. The average Bonchev–Trinajstić information content (AvgIpc) is 3.04. The number of aromatic nitrogens is 3. The number of carbonyl (C=O) groups excluding carboxylic acids is 2. The summed E-state index contributed by atoms with van der Waals surface area (Å²) in [5.74, 6) is -0.409. The van der Waals surface area contributed by atoms with Gasteiger partial charge in [0.2, 0.25) is 5.91 Å². The summed E-state index contributed by atoms with van der Waals surface area (Å²) in [5.41, 5.74) is 1.24. The van der Waals surface area contributed by atoms with Crippen molar-refractivity contribution in [1.82, 2.24) is 14.2 Å². The van der Waals surface area contributed by atoms with Crippen molar-refractivity contribution in [3.05, 3.63) is 64.8 Å². The van der Waals surface area contributed by atoms with Gasteiger partial charge in [0, 0.05) is 17.4 Å². The third-order valence-corrected chi connectivity index (χ3v) is 3.81. The number of hydrogen-bond acceptors (Lipinski definition) is 4. The molecule has 1 atom stereocenters. The fourth-order valence-corrected chi connectivity index (χ4v) is 2.38. The Labute approximate surface area is 137 Å². The molecule has 1 unspecified atom stereocenters. The van der Waals surface area contributed by atoms with Gasteiger partial charge in [-0.25, -0.2) is 4.68 Å². The second-order valence-electron chi connectivity index (χ2n) is 5.48. The Morgan fingerprint density at radius 2 is 1.88 bits per heavy atom. The Morgan fingerprint density at radius 3 is 2.54 bits per heavy atom. The first-order valence-corrected chi connectivity index (χ1v) is 7.44. The minimum absolute atomic E-state index is 0.0440. The lowest BCUT2D eigenvalue weighted by molar-refractivity contribution is -0.119. The first kappa shape index (κ1) is 15.7. The zero-order valence-electron chi connectivity index (χ0n) is 13.3. The molecule has 24 heavy (non-hydrogen) atoms. The van der Waals surface area contributed by atoms with E-state index in [0.29, 0.717) is 16.8 Å². The molecule has 1 N–H and O–H groups in total. The zero-order chi connectivity index (χ0) is 17.3. The van der Waals surface area contributed by atoms with E-state index in [2.05, 4.69) is 10.4 Å². The molecule has 122 valence electrons. The summed E-state index contributed by atoms with van der Waals surface area (Å²) in [6, 6.07) is 9.21. The molecule has 0 radical (unpaired) electrons. The van der Waals surface area contributed by atoms with Gasteiger partial charge in [-0.05, 0) is 50.2 Å². The molecule has 0 aliphatic carbocycles. The number of benzene rings is 1. The molecule has 0 fully saturated rings. The van der Waals surface area contributed by atoms with Gasteiger partial charge in [-0.1, -0.05) is 0 Å². The van der Waals surface area contributed by atoms with Crippen molar-refractivity contribution in [2.45, 2.75) is 19.9 Å². The molecule has 0 saturated carbocycles. The van der Waals surface area contributed by atoms with Crippen LogP contribution in [-0.2, 0) is 4.79 Å². The Hall–Kier alpha value is -3.22. The normalized spacial score (nSPS) is 12.1. The Morgan fingerprint density at radius 1 is 1.17 bits per heavy atom. The molecule has 1 amide bonds. The summed E-state index contributed by atoms with van der Waals surface area (Å²) < 4.78 is 2.75. The van der Waals surface area contributed by atoms with E-state index in [1.54, 1.807) is 53.9 Å². The number of nitrogens with zero attached hydrogens (tertiary/aromatic N) is 3. The molecule has 7 heteroatoms. The molecule has 3 rings (SSSR count). The minimum Gasteiger partial charge on any atom is -0.324 e. The van der Waals surface area contributed by atoms with Gasteiger partial charge in [0.1, 0.15) is 17.9 Å². The van der Waals surface area contributed by atoms with Gasteiger partial charge in [-0.15, -0.1) is 0 Å². The molecule has 2 aromatic heterocycles. The standard InChI is InChI=1S/C17H16N4O3/c1-11(21-17(24)15-4-3-9-20(15)10-18-21)16(23)19-14-7-5-13(6-8-14)12(2)22/h3-11H,1-2H3,(H,19,23). The quantitative estimate of drug-likeness (QED) is 0.743. The predicted molar refractivity (Wildman–Crippen MR) is 89.2 cm³/mol. The molecule has 3 aromatic rings. The van der Waals surface area contributed by atoms with E-state index < -0.39 is 6.04 Å². The lowest BCUT2D eigenvalue weighted by atomic mass is 10.1. The van der Waals surface area contributed by atoms with Crippen molar-refractivity contribution >= 4 is 22.9 Å². The highest BCUT2D eigenvalue weighted by atomic mass is 16.2. The van der Waals surface area contributed by atoms with Gasteiger partial charge in [-0.2, -0.15) is 5.10 Å². The molecule has 0 aliphatic rings. The Balaban J connectivity index is 1.82. The smallest absolute Gasteiger partial charge is 0.291 e. The topological polar surface area (TPSA) is 85.5 Å². The van der Waals surface area contributed by atoms with E-state index in [1.165, 1.54) is 13.3 Å². The van der Waals surface area contributed by atoms with E-state index in [1.807, 2.05) is 0 Å². The van der Waals surface area contributed by atoms with E-state index >= 15 is 0 Å². The van der Waals surface area contributed by atoms with Crippen molar-refractivity contribution in [3.8, 4) is 0 Å². The van der Waals surface area contributed by atoms with Crippen LogP contribution in [0.2, 0.25) is 0 Å². The second-order valence-corrected chi connectivity index (χ2v) is 5.48. The van der Waals surface area contributed by atoms with Crippen LogP contribution in [-0.4, -0.2) is 25.9 Å². The lowest BCUT2D eigenvalue weighted by Gasteiger charge is -2.14. The van der Waals surface area contributed by atoms with E-state index in [4.69, 9.17) is 0 Å². The summed E-state index contributed by atoms with van der Waals surface area (Å²) >= 11 is 0. The predicted octanol–water partition coefficient (Wildman–Crippen LogP) is 1.90. The summed E-state index contributed by atoms with van der Waals surface area (Å²) in [5, 5.41) is 6.76. The third-order valence-electron chi connectivity index (χ3n) is 3.81. The highest BCUT2D eigenvalue weighted by Gasteiger charge is 2.18. The number of fused-ring (bicyclic) bond motifs is 1. The van der Waals surface area contributed by atoms with Crippen molar-refractivity contribution < 1.29 is 9.59 Å². The molecular formula is C17H16N4O3. The van der Waals surface area contributed by atoms with Gasteiger partial charge in [0.15, 0.2) is 5.78 Å². The highest BCUT2D eigenvalue weighted by Crippen LogP contribution is 2.12. The monoisotopic (exact) mass is 324 g/mol. The van der Waals surface area contributed by atoms with Crippen LogP contribution in [0.3, 0.4) is 0 Å². The van der Waals surface area contributed by atoms with Crippen molar-refractivity contribution in [1.29, 1.82) is 0 Å². The molecule has 0 bridgehead atoms. The molecule has 0 aliphatic heterocycles. The fourth-order valence-electron chi connectivity index (χ4n) is 2.38. The summed E-state index contributed by atoms with van der Waals surface area (Å²) in [6.07, 6.45) is 3.21. The molecule has 1 aromatic carbocycles. The van der Waals surface area contributed by atoms with Crippen molar-refractivity contribution in [3.63, 3.8) is 0 Å². The van der Waals surface area contributed by atoms with Crippen molar-refractivity contribution in [2.24, 2.45) is 0 Å². The zero-order valence-corrected chi connectivity index (χ0v) is 13.3. The van der Waals surface area contributed by atoms with Gasteiger partial charge in [-0.3, -0.25) is 14.4 Å². The van der Waals surface area contributed by atoms with Gasteiger partial charge >= 0.3 is 0 Å². The fraction of sp³-hybridized carbons (Fsp3) is 0.176. The number of anilines is 1. The highest BCUT2D eigenvalue weighted by molar-refractivity contribution is 5.96. The summed E-state index contributed by atoms with van der Waals surface area (Å²) in [6.45, 7) is 3.08. The number of rotatable bonds is 4. The lowest BCUT2D eigenvalue weighted by Crippen LogP contribution is -2.34.